The molecule has 0 aromatic heterocycles. The van der Waals surface area contributed by atoms with Crippen molar-refractivity contribution in [2.24, 2.45) is 17.1 Å². The molecule has 0 aromatic carbocycles. The van der Waals surface area contributed by atoms with Gasteiger partial charge in [-0.05, 0) is 37.1 Å². The molecule has 2 N–H and O–H groups in total. The fourth-order valence-electron chi connectivity index (χ4n) is 2.05. The van der Waals surface area contributed by atoms with Gasteiger partial charge in [0, 0.05) is 13.2 Å². The Morgan fingerprint density at radius 1 is 1.20 bits per heavy atom. The average molecular weight is 213 g/mol. The second-order valence-electron chi connectivity index (χ2n) is 5.70. The Morgan fingerprint density at radius 2 is 1.87 bits per heavy atom. The van der Waals surface area contributed by atoms with Crippen molar-refractivity contribution < 1.29 is 4.74 Å². The first-order valence-electron chi connectivity index (χ1n) is 6.42. The Morgan fingerprint density at radius 3 is 2.47 bits per heavy atom. The Hall–Kier alpha value is -0.0800. The van der Waals surface area contributed by atoms with Gasteiger partial charge in [-0.1, -0.05) is 33.1 Å². The first-order valence-corrected chi connectivity index (χ1v) is 6.42. The summed E-state index contributed by atoms with van der Waals surface area (Å²) in [6.07, 6.45) is 8.07. The van der Waals surface area contributed by atoms with Crippen molar-refractivity contribution in [1.82, 2.24) is 0 Å². The van der Waals surface area contributed by atoms with Gasteiger partial charge in [0.05, 0.1) is 0 Å². The van der Waals surface area contributed by atoms with Crippen molar-refractivity contribution in [1.29, 1.82) is 0 Å². The van der Waals surface area contributed by atoms with E-state index in [2.05, 4.69) is 13.8 Å². The van der Waals surface area contributed by atoms with E-state index in [-0.39, 0.29) is 5.41 Å². The van der Waals surface area contributed by atoms with Crippen molar-refractivity contribution in [3.63, 3.8) is 0 Å². The Bertz CT molecular complexity index is 162. The van der Waals surface area contributed by atoms with Crippen LogP contribution in [0.3, 0.4) is 0 Å². The third-order valence-corrected chi connectivity index (χ3v) is 3.55. The van der Waals surface area contributed by atoms with Gasteiger partial charge in [-0.2, -0.15) is 0 Å². The minimum Gasteiger partial charge on any atom is -0.381 e. The molecule has 0 unspecified atom stereocenters. The third-order valence-electron chi connectivity index (χ3n) is 3.55. The van der Waals surface area contributed by atoms with E-state index < -0.39 is 0 Å². The molecule has 1 saturated carbocycles. The van der Waals surface area contributed by atoms with E-state index in [1.165, 1.54) is 32.1 Å². The maximum Gasteiger partial charge on any atom is 0.0494 e. The van der Waals surface area contributed by atoms with Crippen molar-refractivity contribution in [3.8, 4) is 0 Å². The molecule has 0 bridgehead atoms. The normalized spacial score (nSPS) is 19.4. The Labute approximate surface area is 94.6 Å². The molecule has 0 aliphatic heterocycles. The standard InChI is InChI=1S/C13H27NO/c1-13(2,11-14)8-9-15-10-12-6-4-3-5-7-12/h12H,3-11,14H2,1-2H3. The summed E-state index contributed by atoms with van der Waals surface area (Å²) in [5.74, 6) is 0.833. The van der Waals surface area contributed by atoms with Crippen LogP contribution in [0.15, 0.2) is 0 Å². The largest absolute Gasteiger partial charge is 0.381 e. The second kappa shape index (κ2) is 6.49. The first-order chi connectivity index (χ1) is 7.14. The van der Waals surface area contributed by atoms with Crippen LogP contribution in [0.5, 0.6) is 0 Å². The van der Waals surface area contributed by atoms with Crippen molar-refractivity contribution in [3.05, 3.63) is 0 Å². The van der Waals surface area contributed by atoms with Gasteiger partial charge >= 0.3 is 0 Å². The van der Waals surface area contributed by atoms with E-state index in [0.29, 0.717) is 0 Å². The van der Waals surface area contributed by atoms with Gasteiger partial charge in [0.1, 0.15) is 0 Å². The van der Waals surface area contributed by atoms with Crippen LogP contribution in [0.2, 0.25) is 0 Å². The first kappa shape index (κ1) is 13.0. The molecule has 0 aromatic rings. The molecule has 1 fully saturated rings. The zero-order valence-electron chi connectivity index (χ0n) is 10.4. The van der Waals surface area contributed by atoms with E-state index >= 15 is 0 Å². The van der Waals surface area contributed by atoms with Crippen molar-refractivity contribution in [2.75, 3.05) is 19.8 Å². The van der Waals surface area contributed by atoms with Crippen LogP contribution >= 0.6 is 0 Å². The van der Waals surface area contributed by atoms with Crippen LogP contribution in [-0.2, 0) is 4.74 Å². The molecule has 90 valence electrons. The van der Waals surface area contributed by atoms with E-state index in [4.69, 9.17) is 10.5 Å². The molecule has 0 atom stereocenters. The van der Waals surface area contributed by atoms with Gasteiger partial charge in [-0.15, -0.1) is 0 Å². The second-order valence-corrected chi connectivity index (χ2v) is 5.70. The van der Waals surface area contributed by atoms with Crippen molar-refractivity contribution >= 4 is 0 Å². The smallest absolute Gasteiger partial charge is 0.0494 e. The molecule has 1 aliphatic carbocycles. The quantitative estimate of drug-likeness (QED) is 0.688. The fourth-order valence-corrected chi connectivity index (χ4v) is 2.05. The molecular weight excluding hydrogens is 186 g/mol. The lowest BCUT2D eigenvalue weighted by Gasteiger charge is -2.24. The lowest BCUT2D eigenvalue weighted by molar-refractivity contribution is 0.0669. The summed E-state index contributed by atoms with van der Waals surface area (Å²) in [5, 5.41) is 0. The predicted molar refractivity (Wildman–Crippen MR) is 64.8 cm³/mol. The molecule has 2 heteroatoms. The van der Waals surface area contributed by atoms with Gasteiger partial charge in [0.25, 0.3) is 0 Å². The number of rotatable bonds is 6. The number of hydrogen-bond donors (Lipinski definition) is 1. The van der Waals surface area contributed by atoms with E-state index in [9.17, 15) is 0 Å². The molecular formula is C13H27NO. The molecule has 0 heterocycles. The highest BCUT2D eigenvalue weighted by atomic mass is 16.5. The molecule has 0 amide bonds. The summed E-state index contributed by atoms with van der Waals surface area (Å²) in [7, 11) is 0. The highest BCUT2D eigenvalue weighted by molar-refractivity contribution is 4.69. The molecule has 15 heavy (non-hydrogen) atoms. The SMILES string of the molecule is CC(C)(CN)CCOCC1CCCCC1. The van der Waals surface area contributed by atoms with Gasteiger partial charge in [-0.25, -0.2) is 0 Å². The van der Waals surface area contributed by atoms with Crippen LogP contribution in [0, 0.1) is 11.3 Å². The average Bonchev–Trinajstić information content (AvgIpc) is 2.26. The lowest BCUT2D eigenvalue weighted by Crippen LogP contribution is -2.25. The fraction of sp³-hybridized carbons (Fsp3) is 1.00. The summed E-state index contributed by atoms with van der Waals surface area (Å²) in [5.41, 5.74) is 5.92. The highest BCUT2D eigenvalue weighted by Gasteiger charge is 2.16. The number of ether oxygens (including phenoxy) is 1. The predicted octanol–water partition coefficient (Wildman–Crippen LogP) is 2.96. The van der Waals surface area contributed by atoms with Gasteiger partial charge < -0.3 is 10.5 Å². The van der Waals surface area contributed by atoms with Crippen LogP contribution in [0.25, 0.3) is 0 Å². The summed E-state index contributed by atoms with van der Waals surface area (Å²) in [4.78, 5) is 0. The summed E-state index contributed by atoms with van der Waals surface area (Å²) >= 11 is 0. The van der Waals surface area contributed by atoms with E-state index in [1.54, 1.807) is 0 Å². The maximum atomic E-state index is 5.76. The third kappa shape index (κ3) is 5.53. The van der Waals surface area contributed by atoms with Crippen molar-refractivity contribution in [2.45, 2.75) is 52.4 Å². The summed E-state index contributed by atoms with van der Waals surface area (Å²) < 4.78 is 5.76. The Balaban J connectivity index is 2.00. The summed E-state index contributed by atoms with van der Waals surface area (Å²) in [6, 6.07) is 0. The number of hydrogen-bond acceptors (Lipinski definition) is 2. The van der Waals surface area contributed by atoms with Crippen LogP contribution < -0.4 is 5.73 Å². The molecule has 1 rings (SSSR count). The zero-order valence-corrected chi connectivity index (χ0v) is 10.4. The molecule has 0 radical (unpaired) electrons. The monoisotopic (exact) mass is 213 g/mol. The van der Waals surface area contributed by atoms with E-state index in [1.807, 2.05) is 0 Å². The minimum atomic E-state index is 0.243. The van der Waals surface area contributed by atoms with E-state index in [0.717, 1.165) is 32.1 Å². The highest BCUT2D eigenvalue weighted by Crippen LogP contribution is 2.24. The topological polar surface area (TPSA) is 35.2 Å². The summed E-state index contributed by atoms with van der Waals surface area (Å²) in [6.45, 7) is 7.01. The number of nitrogens with two attached hydrogens (primary N) is 1. The molecule has 2 nitrogen and oxygen atoms in total. The molecule has 0 spiro atoms. The minimum absolute atomic E-state index is 0.243. The maximum absolute atomic E-state index is 5.76. The van der Waals surface area contributed by atoms with Gasteiger partial charge in [-0.3, -0.25) is 0 Å². The van der Waals surface area contributed by atoms with Crippen LogP contribution in [-0.4, -0.2) is 19.8 Å². The lowest BCUT2D eigenvalue weighted by atomic mass is 9.89. The zero-order chi connectivity index (χ0) is 11.1. The van der Waals surface area contributed by atoms with Crippen LogP contribution in [0.1, 0.15) is 52.4 Å². The van der Waals surface area contributed by atoms with Gasteiger partial charge in [0.15, 0.2) is 0 Å². The Kier molecular flexibility index (Phi) is 5.62. The van der Waals surface area contributed by atoms with Gasteiger partial charge in [0.2, 0.25) is 0 Å². The van der Waals surface area contributed by atoms with Crippen LogP contribution in [0.4, 0.5) is 0 Å². The molecule has 0 saturated heterocycles. The molecule has 1 aliphatic rings.